The van der Waals surface area contributed by atoms with Gasteiger partial charge in [-0.1, -0.05) is 20.8 Å². The first-order valence-corrected chi connectivity index (χ1v) is 3.85. The molecule has 0 unspecified atom stereocenters. The Morgan fingerprint density at radius 1 is 1.38 bits per heavy atom. The van der Waals surface area contributed by atoms with Crippen LogP contribution >= 0.6 is 8.46 Å². The predicted molar refractivity (Wildman–Crippen MR) is 36.5 cm³/mol. The molecular weight excluding hydrogens is 119 g/mol. The molecule has 0 aliphatic heterocycles. The summed E-state index contributed by atoms with van der Waals surface area (Å²) in [4.78, 5) is 0. The second kappa shape index (κ2) is 3.19. The van der Waals surface area contributed by atoms with Crippen molar-refractivity contribution in [3.8, 4) is 0 Å². The van der Waals surface area contributed by atoms with Crippen LogP contribution in [-0.4, -0.2) is 6.16 Å². The minimum atomic E-state index is 0.280. The normalized spacial score (nSPS) is 12.4. The molecule has 0 aromatic heterocycles. The Morgan fingerprint density at radius 2 is 1.88 bits per heavy atom. The molecule has 0 aliphatic carbocycles. The molecule has 8 heavy (non-hydrogen) atoms. The average molecular weight is 132 g/mol. The van der Waals surface area contributed by atoms with Crippen LogP contribution in [0.3, 0.4) is 0 Å². The molecule has 0 rings (SSSR count). The summed E-state index contributed by atoms with van der Waals surface area (Å²) in [6, 6.07) is 0. The van der Waals surface area contributed by atoms with Gasteiger partial charge in [-0.2, -0.15) is 0 Å². The minimum Gasteiger partial charge on any atom is -0.275 e. The van der Waals surface area contributed by atoms with E-state index in [4.69, 9.17) is 0 Å². The quantitative estimate of drug-likeness (QED) is 0.528. The van der Waals surface area contributed by atoms with Gasteiger partial charge in [-0.15, -0.1) is 0 Å². The maximum absolute atomic E-state index is 9.95. The van der Waals surface area contributed by atoms with Crippen molar-refractivity contribution in [1.82, 2.24) is 0 Å². The molecule has 0 fully saturated rings. The summed E-state index contributed by atoms with van der Waals surface area (Å²) < 4.78 is 9.95. The Balaban J connectivity index is 3.24. The lowest BCUT2D eigenvalue weighted by Gasteiger charge is -2.14. The van der Waals surface area contributed by atoms with Gasteiger partial charge in [-0.25, -0.2) is 0 Å². The molecule has 0 saturated carbocycles. The Bertz CT molecular complexity index is 73.1. The van der Waals surface area contributed by atoms with Gasteiger partial charge in [0.1, 0.15) is 0 Å². The van der Waals surface area contributed by atoms with E-state index >= 15 is 0 Å². The number of hydrogen-bond donors (Lipinski definition) is 0. The first-order valence-electron chi connectivity index (χ1n) is 2.85. The highest BCUT2D eigenvalue weighted by Gasteiger charge is 2.08. The molecule has 0 aromatic carbocycles. The Kier molecular flexibility index (Phi) is 3.23. The van der Waals surface area contributed by atoms with Crippen molar-refractivity contribution in [3.05, 3.63) is 0 Å². The molecular formula is C6H13OP. The van der Waals surface area contributed by atoms with E-state index in [9.17, 15) is 4.57 Å². The highest BCUT2D eigenvalue weighted by Crippen LogP contribution is 2.19. The zero-order chi connectivity index (χ0) is 6.62. The molecule has 0 aliphatic rings. The zero-order valence-corrected chi connectivity index (χ0v) is 6.66. The van der Waals surface area contributed by atoms with E-state index in [1.165, 1.54) is 0 Å². The third-order valence-corrected chi connectivity index (χ3v) is 1.36. The van der Waals surface area contributed by atoms with Crippen LogP contribution in [0.2, 0.25) is 0 Å². The van der Waals surface area contributed by atoms with Crippen LogP contribution in [0.4, 0.5) is 0 Å². The van der Waals surface area contributed by atoms with E-state index in [1.807, 2.05) is 0 Å². The van der Waals surface area contributed by atoms with Crippen LogP contribution < -0.4 is 0 Å². The van der Waals surface area contributed by atoms with Crippen LogP contribution in [-0.2, 0) is 4.57 Å². The van der Waals surface area contributed by atoms with Crippen molar-refractivity contribution >= 4 is 8.46 Å². The SMILES string of the molecule is CC(C)(C)CCP=O. The molecule has 0 radical (unpaired) electrons. The standard InChI is InChI=1S/C6H13OP/c1-6(2,3)4-5-8-7/h4-5H2,1-3H3. The lowest BCUT2D eigenvalue weighted by molar-refractivity contribution is 0.399. The fourth-order valence-electron chi connectivity index (χ4n) is 0.381. The molecule has 0 saturated heterocycles. The third-order valence-electron chi connectivity index (χ3n) is 0.953. The van der Waals surface area contributed by atoms with Crippen molar-refractivity contribution in [2.75, 3.05) is 6.16 Å². The van der Waals surface area contributed by atoms with Gasteiger partial charge in [0.2, 0.25) is 0 Å². The summed E-state index contributed by atoms with van der Waals surface area (Å²) in [5.74, 6) is 0. The smallest absolute Gasteiger partial charge is 0.155 e. The molecule has 0 bridgehead atoms. The summed E-state index contributed by atoms with van der Waals surface area (Å²) >= 11 is 0. The van der Waals surface area contributed by atoms with E-state index in [1.54, 1.807) is 0 Å². The van der Waals surface area contributed by atoms with Gasteiger partial charge in [0.25, 0.3) is 0 Å². The Hall–Kier alpha value is 0.100. The van der Waals surface area contributed by atoms with Crippen LogP contribution in [0.5, 0.6) is 0 Å². The maximum Gasteiger partial charge on any atom is 0.155 e. The van der Waals surface area contributed by atoms with Crippen molar-refractivity contribution in [2.45, 2.75) is 27.2 Å². The fraction of sp³-hybridized carbons (Fsp3) is 1.00. The predicted octanol–water partition coefficient (Wildman–Crippen LogP) is 2.71. The summed E-state index contributed by atoms with van der Waals surface area (Å²) in [5.41, 5.74) is 0.345. The van der Waals surface area contributed by atoms with Gasteiger partial charge in [0.05, 0.1) is 0 Å². The second-order valence-corrected chi connectivity index (χ2v) is 3.87. The summed E-state index contributed by atoms with van der Waals surface area (Å²) in [5, 5.41) is 0. The van der Waals surface area contributed by atoms with Gasteiger partial charge >= 0.3 is 0 Å². The van der Waals surface area contributed by atoms with Crippen molar-refractivity contribution in [3.63, 3.8) is 0 Å². The molecule has 48 valence electrons. The lowest BCUT2D eigenvalue weighted by Crippen LogP contribution is -2.04. The monoisotopic (exact) mass is 132 g/mol. The molecule has 0 heterocycles. The summed E-state index contributed by atoms with van der Waals surface area (Å²) in [6.07, 6.45) is 1.83. The summed E-state index contributed by atoms with van der Waals surface area (Å²) in [6.45, 7) is 6.45. The van der Waals surface area contributed by atoms with E-state index in [0.717, 1.165) is 12.6 Å². The Labute approximate surface area is 52.7 Å². The van der Waals surface area contributed by atoms with Crippen LogP contribution in [0.25, 0.3) is 0 Å². The van der Waals surface area contributed by atoms with Crippen molar-refractivity contribution in [1.29, 1.82) is 0 Å². The van der Waals surface area contributed by atoms with Gasteiger partial charge in [0, 0.05) is 6.16 Å². The molecule has 0 atom stereocenters. The summed E-state index contributed by atoms with van der Waals surface area (Å²) in [7, 11) is 0.280. The number of rotatable bonds is 2. The number of hydrogen-bond acceptors (Lipinski definition) is 1. The topological polar surface area (TPSA) is 17.1 Å². The minimum absolute atomic E-state index is 0.280. The first kappa shape index (κ1) is 8.10. The van der Waals surface area contributed by atoms with Crippen LogP contribution in [0, 0.1) is 5.41 Å². The second-order valence-electron chi connectivity index (χ2n) is 3.16. The molecule has 0 spiro atoms. The highest BCUT2D eigenvalue weighted by molar-refractivity contribution is 7.23. The van der Waals surface area contributed by atoms with Crippen LogP contribution in [0.15, 0.2) is 0 Å². The molecule has 2 heteroatoms. The molecule has 0 amide bonds. The van der Waals surface area contributed by atoms with Crippen molar-refractivity contribution in [2.24, 2.45) is 5.41 Å². The highest BCUT2D eigenvalue weighted by atomic mass is 31.1. The fourth-order valence-corrected chi connectivity index (χ4v) is 1.14. The van der Waals surface area contributed by atoms with E-state index in [-0.39, 0.29) is 8.46 Å². The molecule has 0 aromatic rings. The first-order chi connectivity index (χ1) is 3.56. The van der Waals surface area contributed by atoms with E-state index < -0.39 is 0 Å². The lowest BCUT2D eigenvalue weighted by atomic mass is 9.94. The van der Waals surface area contributed by atoms with E-state index in [2.05, 4.69) is 20.8 Å². The van der Waals surface area contributed by atoms with Gasteiger partial charge in [-0.3, -0.25) is 4.57 Å². The van der Waals surface area contributed by atoms with Gasteiger partial charge in [-0.05, 0) is 11.8 Å². The van der Waals surface area contributed by atoms with E-state index in [0.29, 0.717) is 5.41 Å². The third kappa shape index (κ3) is 6.10. The maximum atomic E-state index is 9.95. The largest absolute Gasteiger partial charge is 0.275 e. The zero-order valence-electron chi connectivity index (χ0n) is 5.77. The molecule has 1 nitrogen and oxygen atoms in total. The van der Waals surface area contributed by atoms with Gasteiger partial charge in [0.15, 0.2) is 8.46 Å². The van der Waals surface area contributed by atoms with Crippen molar-refractivity contribution < 1.29 is 4.57 Å². The Morgan fingerprint density at radius 3 is 2.00 bits per heavy atom. The van der Waals surface area contributed by atoms with Gasteiger partial charge < -0.3 is 0 Å². The molecule has 0 N–H and O–H groups in total. The van der Waals surface area contributed by atoms with Crippen LogP contribution in [0.1, 0.15) is 27.2 Å². The average Bonchev–Trinajstić information content (AvgIpc) is 1.59.